The van der Waals surface area contributed by atoms with Gasteiger partial charge < -0.3 is 14.9 Å². The van der Waals surface area contributed by atoms with Crippen molar-refractivity contribution in [3.63, 3.8) is 0 Å². The Balaban J connectivity index is 3.08. The molecule has 1 aromatic carbocycles. The van der Waals surface area contributed by atoms with Gasteiger partial charge in [-0.3, -0.25) is 4.57 Å². The van der Waals surface area contributed by atoms with Crippen LogP contribution in [0.1, 0.15) is 56.2 Å². The average Bonchev–Trinajstić information content (AvgIpc) is 2.35. The normalized spacial score (nSPS) is 11.8. The summed E-state index contributed by atoms with van der Waals surface area (Å²) >= 11 is 0. The van der Waals surface area contributed by atoms with Gasteiger partial charge in [-0.1, -0.05) is 38.8 Å². The molecule has 0 aromatic heterocycles. The van der Waals surface area contributed by atoms with Crippen LogP contribution in [-0.2, 0) is 23.6 Å². The quantitative estimate of drug-likeness (QED) is 0.639. The van der Waals surface area contributed by atoms with Gasteiger partial charge in [-0.15, -0.1) is 0 Å². The molecule has 0 amide bonds. The topological polar surface area (TPSA) is 77.8 Å². The minimum Gasteiger partial charge on any atom is -0.507 e. The number of aromatic hydroxyl groups is 1. The molecule has 1 aromatic rings. The van der Waals surface area contributed by atoms with Gasteiger partial charge in [0.05, 0.1) is 6.16 Å². The van der Waals surface area contributed by atoms with Crippen molar-refractivity contribution in [1.29, 1.82) is 0 Å². The summed E-state index contributed by atoms with van der Waals surface area (Å²) < 4.78 is 11.2. The number of benzene rings is 1. The molecule has 0 aliphatic carbocycles. The lowest BCUT2D eigenvalue weighted by Gasteiger charge is -2.13. The molecule has 0 atom stereocenters. The first-order valence-corrected chi connectivity index (χ1v) is 9.05. The van der Waals surface area contributed by atoms with Crippen molar-refractivity contribution in [2.75, 3.05) is 0 Å². The van der Waals surface area contributed by atoms with E-state index >= 15 is 0 Å². The second-order valence-corrected chi connectivity index (χ2v) is 6.94. The number of rotatable bonds is 8. The van der Waals surface area contributed by atoms with E-state index in [1.165, 1.54) is 0 Å². The third-order valence-corrected chi connectivity index (χ3v) is 4.09. The van der Waals surface area contributed by atoms with E-state index < -0.39 is 7.60 Å². The predicted octanol–water partition coefficient (Wildman–Crippen LogP) is 3.76. The van der Waals surface area contributed by atoms with Crippen molar-refractivity contribution in [2.45, 2.75) is 58.5 Å². The Kier molecular flexibility index (Phi) is 6.74. The maximum atomic E-state index is 11.2. The Hall–Kier alpha value is -0.830. The van der Waals surface area contributed by atoms with Gasteiger partial charge in [0.25, 0.3) is 0 Å². The summed E-state index contributed by atoms with van der Waals surface area (Å²) in [7, 11) is -4.08. The predicted molar refractivity (Wildman–Crippen MR) is 81.1 cm³/mol. The zero-order valence-electron chi connectivity index (χ0n) is 12.3. The summed E-state index contributed by atoms with van der Waals surface area (Å²) in [5.74, 6) is 0.307. The van der Waals surface area contributed by atoms with E-state index in [1.54, 1.807) is 12.1 Å². The van der Waals surface area contributed by atoms with Crippen LogP contribution < -0.4 is 0 Å². The van der Waals surface area contributed by atoms with Crippen LogP contribution in [0.4, 0.5) is 0 Å². The summed E-state index contributed by atoms with van der Waals surface area (Å²) in [6.07, 6.45) is 5.19. The summed E-state index contributed by atoms with van der Waals surface area (Å²) in [6.45, 7) is 4.16. The van der Waals surface area contributed by atoms with Crippen molar-refractivity contribution in [3.05, 3.63) is 28.8 Å². The van der Waals surface area contributed by atoms with Crippen LogP contribution in [0, 0.1) is 0 Å². The Morgan fingerprint density at radius 3 is 1.80 bits per heavy atom. The summed E-state index contributed by atoms with van der Waals surface area (Å²) in [6, 6.07) is 3.47. The molecular weight excluding hydrogens is 275 g/mol. The first-order chi connectivity index (χ1) is 9.37. The fraction of sp³-hybridized carbons (Fsp3) is 0.600. The number of hydrogen-bond donors (Lipinski definition) is 3. The molecule has 5 heteroatoms. The molecule has 0 saturated heterocycles. The van der Waals surface area contributed by atoms with E-state index in [4.69, 9.17) is 9.79 Å². The van der Waals surface area contributed by atoms with Gasteiger partial charge >= 0.3 is 7.60 Å². The molecular formula is C15H25O4P. The average molecular weight is 300 g/mol. The zero-order valence-corrected chi connectivity index (χ0v) is 13.2. The highest BCUT2D eigenvalue weighted by atomic mass is 31.2. The molecule has 114 valence electrons. The molecule has 1 rings (SSSR count). The standard InChI is InChI=1S/C15H25O4P/c1-3-5-7-13-9-12(11-20(17,18)19)10-14(15(13)16)8-6-4-2/h9-10,16H,3-8,11H2,1-2H3,(H2,17,18,19). The van der Waals surface area contributed by atoms with Crippen molar-refractivity contribution in [1.82, 2.24) is 0 Å². The molecule has 0 saturated carbocycles. The third-order valence-electron chi connectivity index (χ3n) is 3.32. The van der Waals surface area contributed by atoms with Crippen molar-refractivity contribution in [2.24, 2.45) is 0 Å². The van der Waals surface area contributed by atoms with E-state index in [9.17, 15) is 9.67 Å². The van der Waals surface area contributed by atoms with Crippen molar-refractivity contribution >= 4 is 7.60 Å². The third kappa shape index (κ3) is 5.66. The second kappa shape index (κ2) is 7.82. The van der Waals surface area contributed by atoms with E-state index in [-0.39, 0.29) is 6.16 Å². The number of hydrogen-bond acceptors (Lipinski definition) is 2. The Bertz CT molecular complexity index is 450. The number of unbranched alkanes of at least 4 members (excludes halogenated alkanes) is 2. The van der Waals surface area contributed by atoms with Crippen LogP contribution in [0.25, 0.3) is 0 Å². The largest absolute Gasteiger partial charge is 0.507 e. The minimum absolute atomic E-state index is 0.258. The van der Waals surface area contributed by atoms with Crippen molar-refractivity contribution < 1.29 is 19.5 Å². The fourth-order valence-electron chi connectivity index (χ4n) is 2.28. The highest BCUT2D eigenvalue weighted by Gasteiger charge is 2.17. The van der Waals surface area contributed by atoms with E-state index in [1.807, 2.05) is 0 Å². The molecule has 0 radical (unpaired) electrons. The van der Waals surface area contributed by atoms with Crippen LogP contribution in [0.15, 0.2) is 12.1 Å². The van der Waals surface area contributed by atoms with Gasteiger partial charge in [0.15, 0.2) is 0 Å². The summed E-state index contributed by atoms with van der Waals surface area (Å²) in [5, 5.41) is 10.3. The Morgan fingerprint density at radius 1 is 1.00 bits per heavy atom. The number of phenolic OH excluding ortho intramolecular Hbond substituents is 1. The van der Waals surface area contributed by atoms with Crippen LogP contribution in [-0.4, -0.2) is 14.9 Å². The molecule has 3 N–H and O–H groups in total. The van der Waals surface area contributed by atoms with E-state index in [2.05, 4.69) is 13.8 Å². The molecule has 0 fully saturated rings. The maximum Gasteiger partial charge on any atom is 0.329 e. The van der Waals surface area contributed by atoms with Gasteiger partial charge in [-0.05, 0) is 42.4 Å². The highest BCUT2D eigenvalue weighted by Crippen LogP contribution is 2.40. The molecule has 20 heavy (non-hydrogen) atoms. The lowest BCUT2D eigenvalue weighted by Crippen LogP contribution is -1.97. The number of phenols is 1. The molecule has 0 bridgehead atoms. The minimum atomic E-state index is -4.08. The van der Waals surface area contributed by atoms with Gasteiger partial charge in [-0.25, -0.2) is 0 Å². The van der Waals surface area contributed by atoms with Crippen LogP contribution in [0.2, 0.25) is 0 Å². The summed E-state index contributed by atoms with van der Waals surface area (Å²) in [5.41, 5.74) is 2.24. The van der Waals surface area contributed by atoms with Crippen LogP contribution in [0.3, 0.4) is 0 Å². The van der Waals surface area contributed by atoms with Gasteiger partial charge in [-0.2, -0.15) is 0 Å². The van der Waals surface area contributed by atoms with E-state index in [0.29, 0.717) is 11.3 Å². The first-order valence-electron chi connectivity index (χ1n) is 7.25. The highest BCUT2D eigenvalue weighted by molar-refractivity contribution is 7.50. The zero-order chi connectivity index (χ0) is 15.2. The lowest BCUT2D eigenvalue weighted by molar-refractivity contribution is 0.371. The van der Waals surface area contributed by atoms with Crippen LogP contribution >= 0.6 is 7.60 Å². The first kappa shape index (κ1) is 17.2. The molecule has 0 heterocycles. The summed E-state index contributed by atoms with van der Waals surface area (Å²) in [4.78, 5) is 18.2. The van der Waals surface area contributed by atoms with Gasteiger partial charge in [0.1, 0.15) is 5.75 Å². The Labute approximate surface area is 121 Å². The monoisotopic (exact) mass is 300 g/mol. The molecule has 0 unspecified atom stereocenters. The molecule has 0 aliphatic heterocycles. The lowest BCUT2D eigenvalue weighted by atomic mass is 9.97. The Morgan fingerprint density at radius 2 is 1.45 bits per heavy atom. The molecule has 4 nitrogen and oxygen atoms in total. The van der Waals surface area contributed by atoms with Gasteiger partial charge in [0.2, 0.25) is 0 Å². The molecule has 0 aliphatic rings. The SMILES string of the molecule is CCCCc1cc(CP(=O)(O)O)cc(CCCC)c1O. The smallest absolute Gasteiger partial charge is 0.329 e. The fourth-order valence-corrected chi connectivity index (χ4v) is 2.94. The van der Waals surface area contributed by atoms with Crippen molar-refractivity contribution in [3.8, 4) is 5.75 Å². The number of aryl methyl sites for hydroxylation is 2. The van der Waals surface area contributed by atoms with Gasteiger partial charge in [0, 0.05) is 0 Å². The van der Waals surface area contributed by atoms with E-state index in [0.717, 1.165) is 49.7 Å². The molecule has 0 spiro atoms. The van der Waals surface area contributed by atoms with Crippen LogP contribution in [0.5, 0.6) is 5.75 Å². The maximum absolute atomic E-state index is 11.2. The second-order valence-electron chi connectivity index (χ2n) is 5.29.